The van der Waals surface area contributed by atoms with Crippen LogP contribution in [0.4, 0.5) is 0 Å². The first-order valence-electron chi connectivity index (χ1n) is 9.75. The summed E-state index contributed by atoms with van der Waals surface area (Å²) < 4.78 is 0. The molecule has 1 aliphatic rings. The van der Waals surface area contributed by atoms with E-state index in [2.05, 4.69) is 50.9 Å². The average molecular weight is 377 g/mol. The summed E-state index contributed by atoms with van der Waals surface area (Å²) in [6, 6.07) is 20.3. The quantitative estimate of drug-likeness (QED) is 0.623. The van der Waals surface area contributed by atoms with Crippen LogP contribution in [0.5, 0.6) is 0 Å². The fourth-order valence-corrected chi connectivity index (χ4v) is 3.29. The highest BCUT2D eigenvalue weighted by atomic mass is 16.1. The Morgan fingerprint density at radius 2 is 1.64 bits per heavy atom. The smallest absolute Gasteiger partial charge is 0.239 e. The lowest BCUT2D eigenvalue weighted by atomic mass is 10.0. The van der Waals surface area contributed by atoms with Crippen LogP contribution in [-0.4, -0.2) is 43.4 Å². The largest absolute Gasteiger partial charge is 0.350 e. The summed E-state index contributed by atoms with van der Waals surface area (Å²) in [5, 5.41) is 6.12. The van der Waals surface area contributed by atoms with E-state index in [1.165, 1.54) is 11.1 Å². The number of hydrogen-bond acceptors (Lipinski definition) is 2. The van der Waals surface area contributed by atoms with Gasteiger partial charge >= 0.3 is 0 Å². The van der Waals surface area contributed by atoms with Crippen molar-refractivity contribution < 1.29 is 4.79 Å². The van der Waals surface area contributed by atoms with Gasteiger partial charge in [-0.05, 0) is 24.0 Å². The van der Waals surface area contributed by atoms with Crippen molar-refractivity contribution in [3.63, 3.8) is 0 Å². The van der Waals surface area contributed by atoms with E-state index in [-0.39, 0.29) is 12.5 Å². The van der Waals surface area contributed by atoms with Crippen LogP contribution in [0.3, 0.4) is 0 Å². The molecule has 2 aromatic rings. The van der Waals surface area contributed by atoms with E-state index in [1.54, 1.807) is 7.05 Å². The molecule has 3 rings (SSSR count). The molecule has 0 saturated carbocycles. The van der Waals surface area contributed by atoms with Crippen molar-refractivity contribution in [2.45, 2.75) is 19.4 Å². The van der Waals surface area contributed by atoms with E-state index in [0.29, 0.717) is 6.54 Å². The number of amides is 1. The third kappa shape index (κ3) is 5.98. The molecule has 2 aromatic carbocycles. The Hall–Kier alpha value is -3.08. The van der Waals surface area contributed by atoms with Crippen LogP contribution >= 0.6 is 0 Å². The van der Waals surface area contributed by atoms with Gasteiger partial charge in [0.15, 0.2) is 5.96 Å². The molecule has 2 N–H and O–H groups in total. The standard InChI is InChI=1S/C23H28N4O/c1-24-23(26-18-22(28)25-17-21-10-6-3-7-11-21)27-14-12-20(13-15-27)16-19-8-4-2-5-9-19/h2-11,16H,12-15,17-18H2,1H3,(H,24,26)(H,25,28). The predicted molar refractivity (Wildman–Crippen MR) is 115 cm³/mol. The van der Waals surface area contributed by atoms with Crippen LogP contribution in [0, 0.1) is 0 Å². The number of carbonyl (C=O) groups excluding carboxylic acids is 1. The molecule has 0 spiro atoms. The zero-order chi connectivity index (χ0) is 19.6. The van der Waals surface area contributed by atoms with Crippen molar-refractivity contribution in [3.05, 3.63) is 77.4 Å². The average Bonchev–Trinajstić information content (AvgIpc) is 2.75. The predicted octanol–water partition coefficient (Wildman–Crippen LogP) is 3.06. The molecule has 5 nitrogen and oxygen atoms in total. The van der Waals surface area contributed by atoms with Crippen LogP contribution in [-0.2, 0) is 11.3 Å². The fraction of sp³-hybridized carbons (Fsp3) is 0.304. The summed E-state index contributed by atoms with van der Waals surface area (Å²) in [5.74, 6) is 0.750. The number of likely N-dealkylation sites (tertiary alicyclic amines) is 1. The monoisotopic (exact) mass is 376 g/mol. The van der Waals surface area contributed by atoms with Gasteiger partial charge in [-0.15, -0.1) is 0 Å². The van der Waals surface area contributed by atoms with Gasteiger partial charge in [0.05, 0.1) is 6.54 Å². The van der Waals surface area contributed by atoms with E-state index < -0.39 is 0 Å². The summed E-state index contributed by atoms with van der Waals surface area (Å²) in [4.78, 5) is 18.7. The van der Waals surface area contributed by atoms with Crippen molar-refractivity contribution in [1.82, 2.24) is 15.5 Å². The fourth-order valence-electron chi connectivity index (χ4n) is 3.29. The number of nitrogens with one attached hydrogen (secondary N) is 2. The number of guanidine groups is 1. The highest BCUT2D eigenvalue weighted by Crippen LogP contribution is 2.19. The van der Waals surface area contributed by atoms with E-state index in [9.17, 15) is 4.79 Å². The van der Waals surface area contributed by atoms with Gasteiger partial charge < -0.3 is 15.5 Å². The maximum absolute atomic E-state index is 12.1. The van der Waals surface area contributed by atoms with Crippen LogP contribution < -0.4 is 10.6 Å². The molecule has 1 amide bonds. The van der Waals surface area contributed by atoms with Gasteiger partial charge in [-0.2, -0.15) is 0 Å². The Bertz CT molecular complexity index is 805. The van der Waals surface area contributed by atoms with Gasteiger partial charge in [-0.25, -0.2) is 0 Å². The first kappa shape index (κ1) is 19.7. The molecule has 0 radical (unpaired) electrons. The molecule has 0 aromatic heterocycles. The molecule has 0 aliphatic carbocycles. The topological polar surface area (TPSA) is 56.7 Å². The summed E-state index contributed by atoms with van der Waals surface area (Å²) in [6.07, 6.45) is 4.30. The molecule has 1 saturated heterocycles. The molecule has 146 valence electrons. The lowest BCUT2D eigenvalue weighted by Crippen LogP contribution is -2.47. The van der Waals surface area contributed by atoms with Gasteiger partial charge in [0.25, 0.3) is 0 Å². The molecular formula is C23H28N4O. The van der Waals surface area contributed by atoms with Crippen molar-refractivity contribution in [1.29, 1.82) is 0 Å². The molecule has 1 heterocycles. The molecule has 28 heavy (non-hydrogen) atoms. The first-order valence-corrected chi connectivity index (χ1v) is 9.75. The minimum atomic E-state index is -0.0355. The molecule has 0 bridgehead atoms. The SMILES string of the molecule is CN=C(NCC(=O)NCc1ccccc1)N1CCC(=Cc2ccccc2)CC1. The number of carbonyl (C=O) groups is 1. The van der Waals surface area contributed by atoms with Crippen LogP contribution in [0.25, 0.3) is 6.08 Å². The molecule has 5 heteroatoms. The van der Waals surface area contributed by atoms with Crippen molar-refractivity contribution >= 4 is 17.9 Å². The number of piperidine rings is 1. The van der Waals surface area contributed by atoms with Crippen LogP contribution in [0.1, 0.15) is 24.0 Å². The van der Waals surface area contributed by atoms with Gasteiger partial charge in [-0.1, -0.05) is 72.3 Å². The number of aliphatic imine (C=N–C) groups is 1. The minimum Gasteiger partial charge on any atom is -0.350 e. The third-order valence-electron chi connectivity index (χ3n) is 4.83. The minimum absolute atomic E-state index is 0.0355. The van der Waals surface area contributed by atoms with E-state index in [1.807, 2.05) is 36.4 Å². The molecule has 1 aliphatic heterocycles. The summed E-state index contributed by atoms with van der Waals surface area (Å²) in [6.45, 7) is 2.58. The van der Waals surface area contributed by atoms with Gasteiger partial charge in [0.1, 0.15) is 0 Å². The van der Waals surface area contributed by atoms with Gasteiger partial charge in [0.2, 0.25) is 5.91 Å². The lowest BCUT2D eigenvalue weighted by molar-refractivity contribution is -0.120. The first-order chi connectivity index (χ1) is 13.7. The third-order valence-corrected chi connectivity index (χ3v) is 4.83. The van der Waals surface area contributed by atoms with E-state index in [0.717, 1.165) is 37.5 Å². The second kappa shape index (κ2) is 10.3. The highest BCUT2D eigenvalue weighted by molar-refractivity contribution is 5.86. The maximum atomic E-state index is 12.1. The molecule has 0 unspecified atom stereocenters. The highest BCUT2D eigenvalue weighted by Gasteiger charge is 2.17. The second-order valence-electron chi connectivity index (χ2n) is 6.86. The molecular weight excluding hydrogens is 348 g/mol. The number of hydrogen-bond donors (Lipinski definition) is 2. The Balaban J connectivity index is 1.43. The van der Waals surface area contributed by atoms with Gasteiger partial charge in [-0.3, -0.25) is 9.79 Å². The van der Waals surface area contributed by atoms with Crippen molar-refractivity contribution in [3.8, 4) is 0 Å². The molecule has 0 atom stereocenters. The summed E-state index contributed by atoms with van der Waals surface area (Å²) in [7, 11) is 1.76. The normalized spacial score (nSPS) is 14.5. The Kier molecular flexibility index (Phi) is 7.24. The van der Waals surface area contributed by atoms with Gasteiger partial charge in [0, 0.05) is 26.7 Å². The second-order valence-corrected chi connectivity index (χ2v) is 6.86. The Morgan fingerprint density at radius 3 is 2.29 bits per heavy atom. The van der Waals surface area contributed by atoms with E-state index in [4.69, 9.17) is 0 Å². The molecule has 1 fully saturated rings. The number of benzene rings is 2. The van der Waals surface area contributed by atoms with E-state index >= 15 is 0 Å². The summed E-state index contributed by atoms with van der Waals surface area (Å²) in [5.41, 5.74) is 3.80. The zero-order valence-electron chi connectivity index (χ0n) is 16.4. The van der Waals surface area contributed by atoms with Crippen molar-refractivity contribution in [2.24, 2.45) is 4.99 Å². The zero-order valence-corrected chi connectivity index (χ0v) is 16.4. The number of nitrogens with zero attached hydrogens (tertiary/aromatic N) is 2. The Labute approximate surface area is 167 Å². The lowest BCUT2D eigenvalue weighted by Gasteiger charge is -2.31. The Morgan fingerprint density at radius 1 is 1.00 bits per heavy atom. The summed E-state index contributed by atoms with van der Waals surface area (Å²) >= 11 is 0. The number of rotatable bonds is 5. The van der Waals surface area contributed by atoms with Crippen LogP contribution in [0.2, 0.25) is 0 Å². The maximum Gasteiger partial charge on any atom is 0.239 e. The van der Waals surface area contributed by atoms with Crippen molar-refractivity contribution in [2.75, 3.05) is 26.7 Å². The van der Waals surface area contributed by atoms with Crippen LogP contribution in [0.15, 0.2) is 71.2 Å².